The number of benzene rings is 2. The van der Waals surface area contributed by atoms with Crippen LogP contribution in [0, 0.1) is 17.6 Å². The van der Waals surface area contributed by atoms with E-state index < -0.39 is 11.6 Å². The van der Waals surface area contributed by atoms with Crippen LogP contribution in [0.2, 0.25) is 0 Å². The molecule has 0 aromatic heterocycles. The Morgan fingerprint density at radius 3 is 2.21 bits per heavy atom. The van der Waals surface area contributed by atoms with E-state index in [1.165, 1.54) is 6.07 Å². The van der Waals surface area contributed by atoms with Gasteiger partial charge in [0.15, 0.2) is 11.6 Å². The Morgan fingerprint density at radius 1 is 0.895 bits per heavy atom. The van der Waals surface area contributed by atoms with Crippen molar-refractivity contribution in [2.45, 2.75) is 19.9 Å². The average Bonchev–Trinajstić information content (AvgIpc) is 2.41. The summed E-state index contributed by atoms with van der Waals surface area (Å²) in [6.07, 6.45) is 0. The molecule has 1 atom stereocenters. The van der Waals surface area contributed by atoms with E-state index in [1.54, 1.807) is 6.07 Å². The predicted molar refractivity (Wildman–Crippen MR) is 74.0 cm³/mol. The van der Waals surface area contributed by atoms with Crippen molar-refractivity contribution in [2.24, 2.45) is 5.92 Å². The summed E-state index contributed by atoms with van der Waals surface area (Å²) < 4.78 is 26.9. The molecule has 0 amide bonds. The summed E-state index contributed by atoms with van der Waals surface area (Å²) in [6, 6.07) is 13.9. The third kappa shape index (κ3) is 3.11. The lowest BCUT2D eigenvalue weighted by atomic mass is 9.96. The molecule has 0 saturated heterocycles. The van der Waals surface area contributed by atoms with Crippen LogP contribution in [0.15, 0.2) is 48.5 Å². The molecule has 2 rings (SSSR count). The first-order valence-electron chi connectivity index (χ1n) is 6.35. The lowest BCUT2D eigenvalue weighted by molar-refractivity contribution is 0.501. The predicted octanol–water partition coefficient (Wildman–Crippen LogP) is 4.77. The normalized spacial score (nSPS) is 12.5. The summed E-state index contributed by atoms with van der Waals surface area (Å²) in [5, 5.41) is 3.09. The molecular weight excluding hydrogens is 244 g/mol. The fraction of sp³-hybridized carbons (Fsp3) is 0.250. The van der Waals surface area contributed by atoms with Gasteiger partial charge in [0.05, 0.1) is 11.7 Å². The van der Waals surface area contributed by atoms with Crippen molar-refractivity contribution in [1.29, 1.82) is 0 Å². The molecule has 2 aromatic carbocycles. The first kappa shape index (κ1) is 13.5. The van der Waals surface area contributed by atoms with Crippen LogP contribution in [0.25, 0.3) is 0 Å². The van der Waals surface area contributed by atoms with Crippen molar-refractivity contribution in [3.8, 4) is 0 Å². The van der Waals surface area contributed by atoms with E-state index in [4.69, 9.17) is 0 Å². The second kappa shape index (κ2) is 5.83. The lowest BCUT2D eigenvalue weighted by Gasteiger charge is -2.24. The Balaban J connectivity index is 2.30. The molecule has 2 aromatic rings. The zero-order valence-corrected chi connectivity index (χ0v) is 11.0. The van der Waals surface area contributed by atoms with Crippen molar-refractivity contribution < 1.29 is 8.78 Å². The zero-order chi connectivity index (χ0) is 13.8. The first-order valence-corrected chi connectivity index (χ1v) is 6.35. The second-order valence-corrected chi connectivity index (χ2v) is 4.88. The molecule has 0 aliphatic rings. The molecular formula is C16H17F2N. The van der Waals surface area contributed by atoms with Gasteiger partial charge in [0.25, 0.3) is 0 Å². The molecule has 1 unspecified atom stereocenters. The number of hydrogen-bond acceptors (Lipinski definition) is 1. The van der Waals surface area contributed by atoms with E-state index in [2.05, 4.69) is 5.32 Å². The highest BCUT2D eigenvalue weighted by Crippen LogP contribution is 2.28. The number of halogens is 2. The standard InChI is InChI=1S/C16H17F2N/c1-11(2)16(12-7-4-3-5-8-12)19-14-10-6-9-13(17)15(14)18/h3-11,16,19H,1-2H3. The monoisotopic (exact) mass is 261 g/mol. The highest BCUT2D eigenvalue weighted by atomic mass is 19.2. The fourth-order valence-electron chi connectivity index (χ4n) is 2.08. The molecule has 0 spiro atoms. The molecule has 0 saturated carbocycles. The molecule has 0 aliphatic heterocycles. The fourth-order valence-corrected chi connectivity index (χ4v) is 2.08. The van der Waals surface area contributed by atoms with Crippen LogP contribution in [0.4, 0.5) is 14.5 Å². The van der Waals surface area contributed by atoms with E-state index >= 15 is 0 Å². The van der Waals surface area contributed by atoms with E-state index in [9.17, 15) is 8.78 Å². The van der Waals surface area contributed by atoms with Crippen molar-refractivity contribution in [3.63, 3.8) is 0 Å². The maximum absolute atomic E-state index is 13.7. The van der Waals surface area contributed by atoms with Crippen LogP contribution >= 0.6 is 0 Å². The summed E-state index contributed by atoms with van der Waals surface area (Å²) >= 11 is 0. The summed E-state index contributed by atoms with van der Waals surface area (Å²) in [4.78, 5) is 0. The van der Waals surface area contributed by atoms with Crippen molar-refractivity contribution in [2.75, 3.05) is 5.32 Å². The van der Waals surface area contributed by atoms with Crippen LogP contribution in [-0.2, 0) is 0 Å². The average molecular weight is 261 g/mol. The third-order valence-corrected chi connectivity index (χ3v) is 3.09. The van der Waals surface area contributed by atoms with Crippen LogP contribution < -0.4 is 5.32 Å². The van der Waals surface area contributed by atoms with Gasteiger partial charge in [-0.2, -0.15) is 0 Å². The zero-order valence-electron chi connectivity index (χ0n) is 11.0. The lowest BCUT2D eigenvalue weighted by Crippen LogP contribution is -2.17. The molecule has 100 valence electrons. The molecule has 0 bridgehead atoms. The van der Waals surface area contributed by atoms with Gasteiger partial charge in [0, 0.05) is 0 Å². The Hall–Kier alpha value is -1.90. The summed E-state index contributed by atoms with van der Waals surface area (Å²) in [5.74, 6) is -1.41. The minimum atomic E-state index is -0.833. The minimum absolute atomic E-state index is 0.0579. The summed E-state index contributed by atoms with van der Waals surface area (Å²) in [7, 11) is 0. The summed E-state index contributed by atoms with van der Waals surface area (Å²) in [6.45, 7) is 4.09. The van der Waals surface area contributed by atoms with Gasteiger partial charge in [-0.25, -0.2) is 8.78 Å². The smallest absolute Gasteiger partial charge is 0.181 e. The van der Waals surface area contributed by atoms with E-state index in [1.807, 2.05) is 44.2 Å². The molecule has 1 N–H and O–H groups in total. The third-order valence-electron chi connectivity index (χ3n) is 3.09. The van der Waals surface area contributed by atoms with Crippen LogP contribution in [0.3, 0.4) is 0 Å². The number of rotatable bonds is 4. The summed E-state index contributed by atoms with van der Waals surface area (Å²) in [5.41, 5.74) is 1.25. The van der Waals surface area contributed by atoms with Crippen LogP contribution in [0.1, 0.15) is 25.5 Å². The highest BCUT2D eigenvalue weighted by Gasteiger charge is 2.18. The number of hydrogen-bond donors (Lipinski definition) is 1. The molecule has 1 nitrogen and oxygen atoms in total. The van der Waals surface area contributed by atoms with Gasteiger partial charge in [-0.1, -0.05) is 50.2 Å². The quantitative estimate of drug-likeness (QED) is 0.835. The highest BCUT2D eigenvalue weighted by molar-refractivity contribution is 5.47. The maximum atomic E-state index is 13.7. The molecule has 19 heavy (non-hydrogen) atoms. The number of nitrogens with one attached hydrogen (secondary N) is 1. The first-order chi connectivity index (χ1) is 9.09. The minimum Gasteiger partial charge on any atom is -0.376 e. The molecule has 0 radical (unpaired) electrons. The largest absolute Gasteiger partial charge is 0.376 e. The topological polar surface area (TPSA) is 12.0 Å². The maximum Gasteiger partial charge on any atom is 0.181 e. The van der Waals surface area contributed by atoms with E-state index in [-0.39, 0.29) is 17.6 Å². The van der Waals surface area contributed by atoms with Gasteiger partial charge in [0.2, 0.25) is 0 Å². The second-order valence-electron chi connectivity index (χ2n) is 4.88. The Labute approximate surface area is 112 Å². The van der Waals surface area contributed by atoms with Crippen molar-refractivity contribution >= 4 is 5.69 Å². The van der Waals surface area contributed by atoms with Gasteiger partial charge in [-0.05, 0) is 23.6 Å². The van der Waals surface area contributed by atoms with E-state index in [0.29, 0.717) is 0 Å². The Kier molecular flexibility index (Phi) is 4.15. The van der Waals surface area contributed by atoms with Gasteiger partial charge in [-0.3, -0.25) is 0 Å². The molecule has 0 fully saturated rings. The van der Waals surface area contributed by atoms with Gasteiger partial charge >= 0.3 is 0 Å². The van der Waals surface area contributed by atoms with Crippen molar-refractivity contribution in [1.82, 2.24) is 0 Å². The van der Waals surface area contributed by atoms with E-state index in [0.717, 1.165) is 11.6 Å². The van der Waals surface area contributed by atoms with Crippen molar-refractivity contribution in [3.05, 3.63) is 65.7 Å². The Bertz CT molecular complexity index is 538. The Morgan fingerprint density at radius 2 is 1.58 bits per heavy atom. The molecule has 0 aliphatic carbocycles. The van der Waals surface area contributed by atoms with Crippen LogP contribution in [-0.4, -0.2) is 0 Å². The molecule has 0 heterocycles. The van der Waals surface area contributed by atoms with Crippen LogP contribution in [0.5, 0.6) is 0 Å². The SMILES string of the molecule is CC(C)C(Nc1cccc(F)c1F)c1ccccc1. The number of anilines is 1. The van der Waals surface area contributed by atoms with Gasteiger partial charge < -0.3 is 5.32 Å². The van der Waals surface area contributed by atoms with Gasteiger partial charge in [-0.15, -0.1) is 0 Å². The van der Waals surface area contributed by atoms with Gasteiger partial charge in [0.1, 0.15) is 0 Å². The molecule has 3 heteroatoms.